The van der Waals surface area contributed by atoms with Gasteiger partial charge in [0.25, 0.3) is 5.91 Å². The second kappa shape index (κ2) is 10.8. The number of benzene rings is 1. The Morgan fingerprint density at radius 2 is 1.59 bits per heavy atom. The quantitative estimate of drug-likeness (QED) is 0.639. The summed E-state index contributed by atoms with van der Waals surface area (Å²) in [5, 5.41) is 5.76. The van der Waals surface area contributed by atoms with Gasteiger partial charge in [-0.2, -0.15) is 0 Å². The van der Waals surface area contributed by atoms with Crippen molar-refractivity contribution in [2.24, 2.45) is 0 Å². The maximum Gasteiger partial charge on any atom is 0.251 e. The Morgan fingerprint density at radius 1 is 0.909 bits per heavy atom. The second-order valence-electron chi connectivity index (χ2n) is 5.55. The number of carbonyl (C=O) groups is 2. The molecule has 4 heteroatoms. The predicted molar refractivity (Wildman–Crippen MR) is 91.1 cm³/mol. The van der Waals surface area contributed by atoms with E-state index in [2.05, 4.69) is 24.5 Å². The minimum absolute atomic E-state index is 0.0231. The molecule has 0 unspecified atom stereocenters. The number of hydrogen-bond acceptors (Lipinski definition) is 2. The van der Waals surface area contributed by atoms with Gasteiger partial charge in [-0.3, -0.25) is 9.59 Å². The molecule has 0 bridgehead atoms. The highest BCUT2D eigenvalue weighted by molar-refractivity contribution is 5.95. The summed E-state index contributed by atoms with van der Waals surface area (Å²) in [6, 6.07) is 7.04. The molecule has 0 aliphatic carbocycles. The summed E-state index contributed by atoms with van der Waals surface area (Å²) in [7, 11) is 0. The smallest absolute Gasteiger partial charge is 0.251 e. The minimum atomic E-state index is -0.0552. The normalized spacial score (nSPS) is 10.3. The number of hydrogen-bond donors (Lipinski definition) is 2. The van der Waals surface area contributed by atoms with Gasteiger partial charge in [0, 0.05) is 24.2 Å². The molecule has 0 heterocycles. The van der Waals surface area contributed by atoms with Crippen LogP contribution in [0.5, 0.6) is 0 Å². The lowest BCUT2D eigenvalue weighted by atomic mass is 10.1. The fraction of sp³-hybridized carbons (Fsp3) is 0.556. The highest BCUT2D eigenvalue weighted by atomic mass is 16.2. The first-order valence-electron chi connectivity index (χ1n) is 8.35. The summed E-state index contributed by atoms with van der Waals surface area (Å²) in [6.07, 6.45) is 7.01. The summed E-state index contributed by atoms with van der Waals surface area (Å²) >= 11 is 0. The first kappa shape index (κ1) is 18.2. The van der Waals surface area contributed by atoms with E-state index in [-0.39, 0.29) is 11.8 Å². The van der Waals surface area contributed by atoms with Crippen LogP contribution in [0.4, 0.5) is 5.69 Å². The molecule has 1 rings (SSSR count). The van der Waals surface area contributed by atoms with E-state index >= 15 is 0 Å². The van der Waals surface area contributed by atoms with Crippen LogP contribution in [0, 0.1) is 0 Å². The van der Waals surface area contributed by atoms with Crippen LogP contribution in [0.3, 0.4) is 0 Å². The molecule has 0 atom stereocenters. The van der Waals surface area contributed by atoms with Crippen molar-refractivity contribution >= 4 is 17.5 Å². The van der Waals surface area contributed by atoms with Crippen molar-refractivity contribution in [3.8, 4) is 0 Å². The van der Waals surface area contributed by atoms with Crippen LogP contribution < -0.4 is 10.6 Å². The maximum atomic E-state index is 12.0. The average molecular weight is 304 g/mol. The van der Waals surface area contributed by atoms with Crippen LogP contribution in [-0.2, 0) is 4.79 Å². The van der Waals surface area contributed by atoms with E-state index in [1.807, 2.05) is 0 Å². The van der Waals surface area contributed by atoms with Gasteiger partial charge in [-0.1, -0.05) is 39.5 Å². The lowest BCUT2D eigenvalue weighted by molar-refractivity contribution is -0.116. The van der Waals surface area contributed by atoms with Crippen molar-refractivity contribution in [2.75, 3.05) is 11.9 Å². The molecule has 0 saturated carbocycles. The van der Waals surface area contributed by atoms with Gasteiger partial charge in [-0.15, -0.1) is 0 Å². The van der Waals surface area contributed by atoms with E-state index < -0.39 is 0 Å². The Morgan fingerprint density at radius 3 is 2.23 bits per heavy atom. The van der Waals surface area contributed by atoms with E-state index in [1.54, 1.807) is 24.3 Å². The molecular weight excluding hydrogens is 276 g/mol. The van der Waals surface area contributed by atoms with E-state index in [1.165, 1.54) is 12.8 Å². The molecule has 0 fully saturated rings. The Kier molecular flexibility index (Phi) is 8.96. The number of nitrogens with one attached hydrogen (secondary N) is 2. The Hall–Kier alpha value is -1.84. The Labute approximate surface area is 133 Å². The zero-order valence-corrected chi connectivity index (χ0v) is 13.8. The summed E-state index contributed by atoms with van der Waals surface area (Å²) in [5.74, 6) is -0.0321. The second-order valence-corrected chi connectivity index (χ2v) is 5.55. The zero-order valence-electron chi connectivity index (χ0n) is 13.8. The van der Waals surface area contributed by atoms with Gasteiger partial charge in [-0.25, -0.2) is 0 Å². The fourth-order valence-electron chi connectivity index (χ4n) is 2.12. The van der Waals surface area contributed by atoms with Crippen molar-refractivity contribution < 1.29 is 9.59 Å². The van der Waals surface area contributed by atoms with Gasteiger partial charge < -0.3 is 10.6 Å². The van der Waals surface area contributed by atoms with Crippen LogP contribution in [0.2, 0.25) is 0 Å². The van der Waals surface area contributed by atoms with Gasteiger partial charge in [0.1, 0.15) is 0 Å². The molecule has 4 nitrogen and oxygen atoms in total. The lowest BCUT2D eigenvalue weighted by Gasteiger charge is -2.07. The van der Waals surface area contributed by atoms with Crippen LogP contribution >= 0.6 is 0 Å². The van der Waals surface area contributed by atoms with Gasteiger partial charge in [0.2, 0.25) is 5.91 Å². The summed E-state index contributed by atoms with van der Waals surface area (Å²) in [5.41, 5.74) is 1.36. The van der Waals surface area contributed by atoms with Crippen LogP contribution in [0.1, 0.15) is 69.2 Å². The molecule has 0 spiro atoms. The van der Waals surface area contributed by atoms with Gasteiger partial charge in [0.15, 0.2) is 0 Å². The summed E-state index contributed by atoms with van der Waals surface area (Å²) in [6.45, 7) is 4.94. The molecular formula is C18H28N2O2. The number of rotatable bonds is 10. The van der Waals surface area contributed by atoms with Crippen molar-refractivity contribution in [1.82, 2.24) is 5.32 Å². The van der Waals surface area contributed by atoms with Gasteiger partial charge in [0.05, 0.1) is 0 Å². The third-order valence-corrected chi connectivity index (χ3v) is 3.50. The maximum absolute atomic E-state index is 12.0. The first-order valence-corrected chi connectivity index (χ1v) is 8.35. The van der Waals surface area contributed by atoms with E-state index in [0.717, 1.165) is 31.4 Å². The molecule has 0 saturated heterocycles. The highest BCUT2D eigenvalue weighted by Gasteiger charge is 2.06. The SMILES string of the molecule is CCCCCCNC(=O)c1ccc(NC(=O)CCCC)cc1. The van der Waals surface area contributed by atoms with Crippen molar-refractivity contribution in [3.63, 3.8) is 0 Å². The van der Waals surface area contributed by atoms with Crippen molar-refractivity contribution in [3.05, 3.63) is 29.8 Å². The Bertz CT molecular complexity index is 455. The molecule has 1 aromatic carbocycles. The Balaban J connectivity index is 2.37. The summed E-state index contributed by atoms with van der Waals surface area (Å²) < 4.78 is 0. The van der Waals surface area contributed by atoms with E-state index in [4.69, 9.17) is 0 Å². The molecule has 0 aliphatic heterocycles. The van der Waals surface area contributed by atoms with Crippen LogP contribution in [-0.4, -0.2) is 18.4 Å². The van der Waals surface area contributed by atoms with Gasteiger partial charge in [-0.05, 0) is 37.1 Å². The number of anilines is 1. The molecule has 2 amide bonds. The highest BCUT2D eigenvalue weighted by Crippen LogP contribution is 2.10. The first-order chi connectivity index (χ1) is 10.7. The molecule has 0 aromatic heterocycles. The molecule has 0 aliphatic rings. The zero-order chi connectivity index (χ0) is 16.2. The standard InChI is InChI=1S/C18H28N2O2/c1-3-5-7-8-14-19-18(22)15-10-12-16(13-11-15)20-17(21)9-6-4-2/h10-13H,3-9,14H2,1-2H3,(H,19,22)(H,20,21). The average Bonchev–Trinajstić information content (AvgIpc) is 2.53. The third-order valence-electron chi connectivity index (χ3n) is 3.50. The van der Waals surface area contributed by atoms with Crippen LogP contribution in [0.15, 0.2) is 24.3 Å². The van der Waals surface area contributed by atoms with E-state index in [0.29, 0.717) is 18.5 Å². The topological polar surface area (TPSA) is 58.2 Å². The number of amides is 2. The molecule has 1 aromatic rings. The fourth-order valence-corrected chi connectivity index (χ4v) is 2.12. The summed E-state index contributed by atoms with van der Waals surface area (Å²) in [4.78, 5) is 23.6. The molecule has 2 N–H and O–H groups in total. The minimum Gasteiger partial charge on any atom is -0.352 e. The van der Waals surface area contributed by atoms with E-state index in [9.17, 15) is 9.59 Å². The molecule has 22 heavy (non-hydrogen) atoms. The molecule has 122 valence electrons. The van der Waals surface area contributed by atoms with Crippen molar-refractivity contribution in [2.45, 2.75) is 58.8 Å². The predicted octanol–water partition coefficient (Wildman–Crippen LogP) is 4.13. The number of unbranched alkanes of at least 4 members (excludes halogenated alkanes) is 4. The van der Waals surface area contributed by atoms with Crippen molar-refractivity contribution in [1.29, 1.82) is 0 Å². The van der Waals surface area contributed by atoms with Gasteiger partial charge >= 0.3 is 0 Å². The lowest BCUT2D eigenvalue weighted by Crippen LogP contribution is -2.24. The third kappa shape index (κ3) is 7.25. The monoisotopic (exact) mass is 304 g/mol. The molecule has 0 radical (unpaired) electrons. The van der Waals surface area contributed by atoms with Crippen LogP contribution in [0.25, 0.3) is 0 Å². The largest absolute Gasteiger partial charge is 0.352 e. The number of carbonyl (C=O) groups excluding carboxylic acids is 2.